The quantitative estimate of drug-likeness (QED) is 0.538. The van der Waals surface area contributed by atoms with Crippen molar-refractivity contribution >= 4 is 11.4 Å². The number of rotatable bonds is 8. The summed E-state index contributed by atoms with van der Waals surface area (Å²) in [4.78, 5) is 21.4. The summed E-state index contributed by atoms with van der Waals surface area (Å²) >= 11 is 0. The van der Waals surface area contributed by atoms with Crippen LogP contribution in [0.2, 0.25) is 0 Å². The third kappa shape index (κ3) is 4.36. The smallest absolute Gasteiger partial charge is 0.387 e. The number of carbonyl (C=O) groups excluding carboxylic acids is 1. The molecule has 7 nitrogen and oxygen atoms in total. The number of Topliss-reactive ketones (excluding diaryl/α,β-unsaturated/α-hetero) is 1. The minimum atomic E-state index is -3.09. The van der Waals surface area contributed by atoms with Crippen LogP contribution in [0.5, 0.6) is 11.5 Å². The van der Waals surface area contributed by atoms with Crippen molar-refractivity contribution in [1.29, 1.82) is 0 Å². The SMILES string of the molecule is COc1cc(-c2cnc3cc(C(C)(C)O)ncn23)cc(OC(F)F)c1C(=O)CC1CC1. The van der Waals surface area contributed by atoms with E-state index in [1.807, 2.05) is 0 Å². The largest absolute Gasteiger partial charge is 0.496 e. The minimum Gasteiger partial charge on any atom is -0.496 e. The summed E-state index contributed by atoms with van der Waals surface area (Å²) in [7, 11) is 1.38. The fraction of sp³-hybridized carbons (Fsp3) is 0.409. The van der Waals surface area contributed by atoms with Gasteiger partial charge in [-0.15, -0.1) is 0 Å². The summed E-state index contributed by atoms with van der Waals surface area (Å²) in [6, 6.07) is 4.64. The number of ketones is 1. The van der Waals surface area contributed by atoms with E-state index in [4.69, 9.17) is 9.47 Å². The lowest BCUT2D eigenvalue weighted by Crippen LogP contribution is -2.17. The van der Waals surface area contributed by atoms with Gasteiger partial charge in [0.1, 0.15) is 34.6 Å². The van der Waals surface area contributed by atoms with Crippen molar-refractivity contribution in [1.82, 2.24) is 14.4 Å². The number of ether oxygens (including phenoxy) is 2. The van der Waals surface area contributed by atoms with Crippen LogP contribution in [-0.2, 0) is 5.60 Å². The highest BCUT2D eigenvalue weighted by atomic mass is 19.3. The zero-order chi connectivity index (χ0) is 22.3. The van der Waals surface area contributed by atoms with Gasteiger partial charge in [0.15, 0.2) is 5.78 Å². The Bertz CT molecular complexity index is 1130. The number of hydrogen-bond acceptors (Lipinski definition) is 6. The molecule has 164 valence electrons. The predicted molar refractivity (Wildman–Crippen MR) is 109 cm³/mol. The van der Waals surface area contributed by atoms with Gasteiger partial charge >= 0.3 is 6.61 Å². The molecule has 1 N–H and O–H groups in total. The first-order valence-electron chi connectivity index (χ1n) is 9.93. The number of methoxy groups -OCH3 is 1. The van der Waals surface area contributed by atoms with E-state index in [2.05, 4.69) is 9.97 Å². The first-order chi connectivity index (χ1) is 14.7. The number of carbonyl (C=O) groups is 1. The first-order valence-corrected chi connectivity index (χ1v) is 9.93. The van der Waals surface area contributed by atoms with Gasteiger partial charge in [-0.2, -0.15) is 8.78 Å². The Hall–Kier alpha value is -3.07. The zero-order valence-electron chi connectivity index (χ0n) is 17.4. The highest BCUT2D eigenvalue weighted by molar-refractivity contribution is 6.02. The lowest BCUT2D eigenvalue weighted by Gasteiger charge is -2.17. The number of aromatic nitrogens is 3. The van der Waals surface area contributed by atoms with E-state index in [9.17, 15) is 18.7 Å². The molecule has 31 heavy (non-hydrogen) atoms. The van der Waals surface area contributed by atoms with Crippen LogP contribution in [0.4, 0.5) is 8.78 Å². The van der Waals surface area contributed by atoms with E-state index in [0.717, 1.165) is 12.8 Å². The van der Waals surface area contributed by atoms with Gasteiger partial charge in [0.05, 0.1) is 24.7 Å². The van der Waals surface area contributed by atoms with Gasteiger partial charge < -0.3 is 14.6 Å². The molecule has 1 saturated carbocycles. The molecular formula is C22H23F2N3O4. The van der Waals surface area contributed by atoms with Gasteiger partial charge in [-0.25, -0.2) is 9.97 Å². The summed E-state index contributed by atoms with van der Waals surface area (Å²) in [5.41, 5.74) is 0.863. The van der Waals surface area contributed by atoms with E-state index in [-0.39, 0.29) is 35.2 Å². The van der Waals surface area contributed by atoms with Gasteiger partial charge in [0, 0.05) is 18.1 Å². The fourth-order valence-corrected chi connectivity index (χ4v) is 3.48. The number of nitrogens with zero attached hydrogens (tertiary/aromatic N) is 3. The maximum Gasteiger partial charge on any atom is 0.387 e. The van der Waals surface area contributed by atoms with Gasteiger partial charge in [0.25, 0.3) is 0 Å². The number of aliphatic hydroxyl groups is 1. The summed E-state index contributed by atoms with van der Waals surface area (Å²) in [5, 5.41) is 10.2. The van der Waals surface area contributed by atoms with E-state index < -0.39 is 12.2 Å². The van der Waals surface area contributed by atoms with Crippen molar-refractivity contribution in [3.05, 3.63) is 42.0 Å². The number of halogens is 2. The third-order valence-corrected chi connectivity index (χ3v) is 5.28. The Morgan fingerprint density at radius 1 is 1.26 bits per heavy atom. The zero-order valence-corrected chi connectivity index (χ0v) is 17.4. The highest BCUT2D eigenvalue weighted by Gasteiger charge is 2.30. The summed E-state index contributed by atoms with van der Waals surface area (Å²) in [6.45, 7) is 0.142. The first kappa shape index (κ1) is 21.2. The van der Waals surface area contributed by atoms with Gasteiger partial charge in [-0.1, -0.05) is 0 Å². The number of alkyl halides is 2. The van der Waals surface area contributed by atoms with Crippen molar-refractivity contribution in [2.75, 3.05) is 7.11 Å². The average molecular weight is 431 g/mol. The lowest BCUT2D eigenvalue weighted by molar-refractivity contribution is -0.0502. The standard InChI is InChI=1S/C22H23F2N3O4/c1-22(2,29)18-9-19-25-10-14(27(19)11-26-18)13-7-16(30-3)20(15(28)6-12-4-5-12)17(8-13)31-21(23)24/h7-12,21,29H,4-6H2,1-3H3. The molecule has 0 aliphatic heterocycles. The minimum absolute atomic E-state index is 0.0229. The van der Waals surface area contributed by atoms with Crippen LogP contribution in [0.1, 0.15) is 49.2 Å². The Labute approximate surface area is 177 Å². The Morgan fingerprint density at radius 2 is 1.97 bits per heavy atom. The second-order valence-electron chi connectivity index (χ2n) is 8.21. The van der Waals surface area contributed by atoms with Gasteiger partial charge in [-0.3, -0.25) is 9.20 Å². The molecule has 0 saturated heterocycles. The predicted octanol–water partition coefficient (Wildman–Crippen LogP) is 4.22. The summed E-state index contributed by atoms with van der Waals surface area (Å²) < 4.78 is 38.0. The summed E-state index contributed by atoms with van der Waals surface area (Å²) in [6.07, 6.45) is 5.24. The number of hydrogen-bond donors (Lipinski definition) is 1. The molecule has 0 unspecified atom stereocenters. The molecule has 2 heterocycles. The van der Waals surface area contributed by atoms with Crippen LogP contribution >= 0.6 is 0 Å². The molecule has 1 aromatic carbocycles. The molecule has 1 aliphatic rings. The normalized spacial score (nSPS) is 14.3. The number of fused-ring (bicyclic) bond motifs is 1. The maximum atomic E-state index is 13.1. The van der Waals surface area contributed by atoms with E-state index in [0.29, 0.717) is 22.6 Å². The molecule has 0 bridgehead atoms. The van der Waals surface area contributed by atoms with Crippen LogP contribution in [0.25, 0.3) is 16.9 Å². The van der Waals surface area contributed by atoms with Crippen molar-refractivity contribution < 1.29 is 28.2 Å². The molecule has 0 amide bonds. The van der Waals surface area contributed by atoms with Crippen LogP contribution in [0, 0.1) is 5.92 Å². The maximum absolute atomic E-state index is 13.1. The molecule has 3 aromatic rings. The number of benzene rings is 1. The van der Waals surface area contributed by atoms with Gasteiger partial charge in [0.2, 0.25) is 0 Å². The highest BCUT2D eigenvalue weighted by Crippen LogP contribution is 2.40. The van der Waals surface area contributed by atoms with Crippen LogP contribution in [0.3, 0.4) is 0 Å². The molecule has 0 spiro atoms. The van der Waals surface area contributed by atoms with Gasteiger partial charge in [-0.05, 0) is 44.7 Å². The molecule has 1 aliphatic carbocycles. The molecule has 9 heteroatoms. The Kier molecular flexibility index (Phi) is 5.38. The van der Waals surface area contributed by atoms with Crippen molar-refractivity contribution in [3.8, 4) is 22.8 Å². The summed E-state index contributed by atoms with van der Waals surface area (Å²) in [5.74, 6) is -0.0666. The topological polar surface area (TPSA) is 86.0 Å². The van der Waals surface area contributed by atoms with Crippen LogP contribution in [-0.4, -0.2) is 39.0 Å². The monoisotopic (exact) mass is 431 g/mol. The molecule has 1 fully saturated rings. The third-order valence-electron chi connectivity index (χ3n) is 5.28. The molecule has 0 radical (unpaired) electrons. The number of imidazole rings is 1. The van der Waals surface area contributed by atoms with E-state index in [1.54, 1.807) is 36.6 Å². The van der Waals surface area contributed by atoms with Crippen LogP contribution < -0.4 is 9.47 Å². The van der Waals surface area contributed by atoms with E-state index in [1.165, 1.54) is 19.5 Å². The molecule has 4 rings (SSSR count). The van der Waals surface area contributed by atoms with E-state index >= 15 is 0 Å². The Morgan fingerprint density at radius 3 is 2.58 bits per heavy atom. The average Bonchev–Trinajstić information content (AvgIpc) is 3.40. The fourth-order valence-electron chi connectivity index (χ4n) is 3.48. The molecule has 2 aromatic heterocycles. The second kappa shape index (κ2) is 7.88. The van der Waals surface area contributed by atoms with Crippen molar-refractivity contribution in [3.63, 3.8) is 0 Å². The molecule has 0 atom stereocenters. The van der Waals surface area contributed by atoms with Crippen molar-refractivity contribution in [2.24, 2.45) is 5.92 Å². The Balaban J connectivity index is 1.82. The lowest BCUT2D eigenvalue weighted by atomic mass is 10.00. The van der Waals surface area contributed by atoms with Crippen molar-refractivity contribution in [2.45, 2.75) is 45.3 Å². The molecular weight excluding hydrogens is 408 g/mol. The van der Waals surface area contributed by atoms with Crippen LogP contribution in [0.15, 0.2) is 30.7 Å². The second-order valence-corrected chi connectivity index (χ2v) is 8.21.